The summed E-state index contributed by atoms with van der Waals surface area (Å²) in [5.41, 5.74) is -4.02. The van der Waals surface area contributed by atoms with Gasteiger partial charge in [-0.15, -0.1) is 0 Å². The maximum absolute atomic E-state index is 14.1. The van der Waals surface area contributed by atoms with Crippen LogP contribution in [0.3, 0.4) is 0 Å². The summed E-state index contributed by atoms with van der Waals surface area (Å²) in [6, 6.07) is 1.31. The van der Waals surface area contributed by atoms with E-state index < -0.39 is 74.2 Å². The van der Waals surface area contributed by atoms with Crippen LogP contribution in [0.4, 0.5) is 39.5 Å². The van der Waals surface area contributed by atoms with Crippen LogP contribution < -0.4 is 4.72 Å². The molecule has 0 aromatic heterocycles. The summed E-state index contributed by atoms with van der Waals surface area (Å²) in [5.74, 6) is -7.75. The normalized spacial score (nSPS) is 15.2. The predicted molar refractivity (Wildman–Crippen MR) is 101 cm³/mol. The number of nitrogens with one attached hydrogen (secondary N) is 1. The van der Waals surface area contributed by atoms with Crippen molar-refractivity contribution in [1.82, 2.24) is 4.72 Å². The summed E-state index contributed by atoms with van der Waals surface area (Å²) in [4.78, 5) is 0. The van der Waals surface area contributed by atoms with E-state index in [1.165, 1.54) is 20.8 Å². The first-order valence-electron chi connectivity index (χ1n) is 8.96. The summed E-state index contributed by atoms with van der Waals surface area (Å²) in [6.45, 7) is 4.46. The minimum atomic E-state index is -5.12. The number of halogens is 9. The highest BCUT2D eigenvalue weighted by atomic mass is 32.2. The van der Waals surface area contributed by atoms with Gasteiger partial charge in [0, 0.05) is 5.56 Å². The second kappa shape index (κ2) is 9.05. The molecule has 2 rings (SSSR count). The summed E-state index contributed by atoms with van der Waals surface area (Å²) in [6.07, 6.45) is -9.31. The van der Waals surface area contributed by atoms with E-state index in [0.717, 1.165) is 6.07 Å². The lowest BCUT2D eigenvalue weighted by Crippen LogP contribution is -2.36. The first-order chi connectivity index (χ1) is 14.4. The molecule has 0 radical (unpaired) electrons. The van der Waals surface area contributed by atoms with Crippen LogP contribution in [0.5, 0.6) is 0 Å². The van der Waals surface area contributed by atoms with E-state index in [1.807, 2.05) is 0 Å². The molecule has 0 aliphatic carbocycles. The van der Waals surface area contributed by atoms with E-state index in [0.29, 0.717) is 24.3 Å². The molecule has 0 saturated heterocycles. The summed E-state index contributed by atoms with van der Waals surface area (Å²) in [7, 11) is -2.03. The third-order valence-corrected chi connectivity index (χ3v) is 5.88. The summed E-state index contributed by atoms with van der Waals surface area (Å²) < 4.78 is 134. The molecular formula is C20H18F9NOS. The Balaban J connectivity index is 2.72. The van der Waals surface area contributed by atoms with Crippen molar-refractivity contribution in [2.24, 2.45) is 0 Å². The van der Waals surface area contributed by atoms with Gasteiger partial charge in [0.15, 0.2) is 0 Å². The van der Waals surface area contributed by atoms with Crippen LogP contribution >= 0.6 is 0 Å². The molecule has 0 aliphatic rings. The zero-order valence-corrected chi connectivity index (χ0v) is 17.7. The van der Waals surface area contributed by atoms with Crippen LogP contribution in [0.2, 0.25) is 0 Å². The molecule has 2 nitrogen and oxygen atoms in total. The van der Waals surface area contributed by atoms with E-state index >= 15 is 0 Å². The molecule has 2 atom stereocenters. The van der Waals surface area contributed by atoms with E-state index in [1.54, 1.807) is 0 Å². The van der Waals surface area contributed by atoms with Crippen LogP contribution in [0.1, 0.15) is 49.1 Å². The summed E-state index contributed by atoms with van der Waals surface area (Å²) >= 11 is 0. The molecule has 0 aliphatic heterocycles. The second-order valence-corrected chi connectivity index (χ2v) is 9.86. The SMILES string of the molecule is CC(C)(C)S(=O)NC(c1cc(F)cc(C(F)(F)C(F)F)c1)c1ccc(F)c(C(F)(F)F)c1. The van der Waals surface area contributed by atoms with Gasteiger partial charge >= 0.3 is 18.5 Å². The average Bonchev–Trinajstić information content (AvgIpc) is 2.64. The van der Waals surface area contributed by atoms with Gasteiger partial charge in [-0.25, -0.2) is 26.5 Å². The van der Waals surface area contributed by atoms with Crippen molar-refractivity contribution < 1.29 is 43.7 Å². The predicted octanol–water partition coefficient (Wildman–Crippen LogP) is 6.48. The van der Waals surface area contributed by atoms with Crippen molar-refractivity contribution in [3.05, 3.63) is 70.3 Å². The van der Waals surface area contributed by atoms with Crippen molar-refractivity contribution in [3.8, 4) is 0 Å². The molecule has 0 bridgehead atoms. The van der Waals surface area contributed by atoms with Crippen LogP contribution in [-0.2, 0) is 23.1 Å². The van der Waals surface area contributed by atoms with Gasteiger partial charge in [-0.2, -0.15) is 22.0 Å². The van der Waals surface area contributed by atoms with Gasteiger partial charge in [0.05, 0.1) is 27.3 Å². The third kappa shape index (κ3) is 5.83. The lowest BCUT2D eigenvalue weighted by Gasteiger charge is -2.26. The Bertz CT molecular complexity index is 1000. The topological polar surface area (TPSA) is 29.1 Å². The zero-order valence-electron chi connectivity index (χ0n) is 16.8. The lowest BCUT2D eigenvalue weighted by molar-refractivity contribution is -0.140. The highest BCUT2D eigenvalue weighted by Gasteiger charge is 2.43. The Labute approximate surface area is 180 Å². The highest BCUT2D eigenvalue weighted by molar-refractivity contribution is 7.84. The van der Waals surface area contributed by atoms with E-state index in [-0.39, 0.29) is 6.07 Å². The van der Waals surface area contributed by atoms with Gasteiger partial charge in [-0.1, -0.05) is 6.07 Å². The Morgan fingerprint density at radius 3 is 1.97 bits per heavy atom. The van der Waals surface area contributed by atoms with Gasteiger partial charge in [0.2, 0.25) is 0 Å². The monoisotopic (exact) mass is 491 g/mol. The van der Waals surface area contributed by atoms with Crippen LogP contribution in [0.25, 0.3) is 0 Å². The maximum Gasteiger partial charge on any atom is 0.419 e. The number of alkyl halides is 7. The third-order valence-electron chi connectivity index (χ3n) is 4.32. The van der Waals surface area contributed by atoms with Crippen LogP contribution in [-0.4, -0.2) is 15.4 Å². The van der Waals surface area contributed by atoms with E-state index in [2.05, 4.69) is 4.72 Å². The minimum Gasteiger partial charge on any atom is -0.242 e. The largest absolute Gasteiger partial charge is 0.419 e. The van der Waals surface area contributed by atoms with Crippen molar-refractivity contribution in [1.29, 1.82) is 0 Å². The lowest BCUT2D eigenvalue weighted by atomic mass is 9.94. The number of hydrogen-bond donors (Lipinski definition) is 1. The molecule has 32 heavy (non-hydrogen) atoms. The van der Waals surface area contributed by atoms with Gasteiger partial charge in [-0.3, -0.25) is 0 Å². The van der Waals surface area contributed by atoms with Crippen molar-refractivity contribution in [2.75, 3.05) is 0 Å². The van der Waals surface area contributed by atoms with Crippen molar-refractivity contribution >= 4 is 11.0 Å². The van der Waals surface area contributed by atoms with Crippen LogP contribution in [0.15, 0.2) is 36.4 Å². The molecule has 1 N–H and O–H groups in total. The first kappa shape index (κ1) is 26.2. The fourth-order valence-electron chi connectivity index (χ4n) is 2.65. The van der Waals surface area contributed by atoms with Gasteiger partial charge < -0.3 is 0 Å². The average molecular weight is 491 g/mol. The number of hydrogen-bond acceptors (Lipinski definition) is 1. The molecule has 0 saturated carbocycles. The molecule has 0 spiro atoms. The van der Waals surface area contributed by atoms with Crippen LogP contribution in [0, 0.1) is 11.6 Å². The molecule has 0 amide bonds. The molecule has 2 unspecified atom stereocenters. The Kier molecular flexibility index (Phi) is 7.40. The Morgan fingerprint density at radius 2 is 1.47 bits per heavy atom. The van der Waals surface area contributed by atoms with Gasteiger partial charge in [0.25, 0.3) is 0 Å². The standard InChI is InChI=1S/C20H18F9NOS/c1-18(2,3)32(31)30-16(10-4-5-15(22)14(8-10)20(27,28)29)11-6-12(9-13(21)7-11)19(25,26)17(23)24/h4-9,16-17,30H,1-3H3. The molecule has 0 heterocycles. The van der Waals surface area contributed by atoms with Gasteiger partial charge in [-0.05, 0) is 62.2 Å². The molecule has 178 valence electrons. The molecule has 0 fully saturated rings. The van der Waals surface area contributed by atoms with Crippen molar-refractivity contribution in [3.63, 3.8) is 0 Å². The highest BCUT2D eigenvalue weighted by Crippen LogP contribution is 2.38. The molecule has 2 aromatic rings. The first-order valence-corrected chi connectivity index (χ1v) is 10.1. The minimum absolute atomic E-state index is 0.166. The Morgan fingerprint density at radius 1 is 0.875 bits per heavy atom. The second-order valence-electron chi connectivity index (χ2n) is 7.87. The number of benzene rings is 2. The van der Waals surface area contributed by atoms with Gasteiger partial charge in [0.1, 0.15) is 11.6 Å². The maximum atomic E-state index is 14.1. The fourth-order valence-corrected chi connectivity index (χ4v) is 3.49. The quantitative estimate of drug-likeness (QED) is 0.461. The Hall–Kier alpha value is -2.08. The summed E-state index contributed by atoms with van der Waals surface area (Å²) in [5, 5.41) is 0. The number of rotatable bonds is 6. The van der Waals surface area contributed by atoms with E-state index in [9.17, 15) is 43.7 Å². The molecule has 2 aromatic carbocycles. The fraction of sp³-hybridized carbons (Fsp3) is 0.400. The van der Waals surface area contributed by atoms with Crippen molar-refractivity contribution in [2.45, 2.75) is 50.1 Å². The smallest absolute Gasteiger partial charge is 0.242 e. The van der Waals surface area contributed by atoms with E-state index in [4.69, 9.17) is 0 Å². The molecular weight excluding hydrogens is 473 g/mol. The zero-order chi connectivity index (χ0) is 24.6. The molecule has 12 heteroatoms.